The van der Waals surface area contributed by atoms with Crippen LogP contribution in [0.5, 0.6) is 11.6 Å². The summed E-state index contributed by atoms with van der Waals surface area (Å²) in [7, 11) is 0. The van der Waals surface area contributed by atoms with Gasteiger partial charge in [0.1, 0.15) is 5.75 Å². The van der Waals surface area contributed by atoms with Gasteiger partial charge in [-0.2, -0.15) is 0 Å². The van der Waals surface area contributed by atoms with Crippen molar-refractivity contribution in [2.75, 3.05) is 0 Å². The van der Waals surface area contributed by atoms with E-state index in [1.165, 1.54) is 24.0 Å². The van der Waals surface area contributed by atoms with Crippen molar-refractivity contribution in [3.05, 3.63) is 53.2 Å². The SMILES string of the molecule is Cc1ccc(Oc2ccc(CNC3CC3)cn2)c(C)c1. The predicted octanol–water partition coefficient (Wildman–Crippen LogP) is 3.74. The molecule has 0 bridgehead atoms. The molecule has 0 unspecified atom stereocenters. The Morgan fingerprint density at radius 1 is 1.20 bits per heavy atom. The molecule has 1 heterocycles. The Bertz CT molecular complexity index is 588. The minimum Gasteiger partial charge on any atom is -0.439 e. The quantitative estimate of drug-likeness (QED) is 0.897. The van der Waals surface area contributed by atoms with Gasteiger partial charge < -0.3 is 10.1 Å². The summed E-state index contributed by atoms with van der Waals surface area (Å²) < 4.78 is 5.83. The van der Waals surface area contributed by atoms with Crippen LogP contribution in [0.25, 0.3) is 0 Å². The van der Waals surface area contributed by atoms with E-state index in [2.05, 4.69) is 42.3 Å². The zero-order valence-electron chi connectivity index (χ0n) is 12.0. The van der Waals surface area contributed by atoms with E-state index in [0.29, 0.717) is 5.88 Å². The van der Waals surface area contributed by atoms with E-state index in [1.807, 2.05) is 18.3 Å². The molecule has 3 heteroatoms. The molecule has 0 radical (unpaired) electrons. The molecule has 1 aromatic heterocycles. The average Bonchev–Trinajstić information content (AvgIpc) is 3.25. The van der Waals surface area contributed by atoms with Gasteiger partial charge in [0.05, 0.1) is 0 Å². The van der Waals surface area contributed by atoms with Crippen molar-refractivity contribution in [3.8, 4) is 11.6 Å². The first-order valence-electron chi connectivity index (χ1n) is 7.14. The molecule has 104 valence electrons. The Morgan fingerprint density at radius 3 is 2.70 bits per heavy atom. The molecule has 20 heavy (non-hydrogen) atoms. The highest BCUT2D eigenvalue weighted by molar-refractivity contribution is 5.38. The van der Waals surface area contributed by atoms with Gasteiger partial charge in [-0.25, -0.2) is 4.98 Å². The first-order chi connectivity index (χ1) is 9.70. The molecular weight excluding hydrogens is 248 g/mol. The standard InChI is InChI=1S/C17H20N2O/c1-12-3-7-16(13(2)9-12)20-17-8-4-14(11-19-17)10-18-15-5-6-15/h3-4,7-9,11,15,18H,5-6,10H2,1-2H3. The molecule has 1 fully saturated rings. The van der Waals surface area contributed by atoms with E-state index in [0.717, 1.165) is 23.9 Å². The van der Waals surface area contributed by atoms with Gasteiger partial charge in [0.25, 0.3) is 0 Å². The molecule has 0 saturated heterocycles. The van der Waals surface area contributed by atoms with Crippen LogP contribution in [0.2, 0.25) is 0 Å². The van der Waals surface area contributed by atoms with Gasteiger partial charge in [-0.05, 0) is 43.9 Å². The lowest BCUT2D eigenvalue weighted by molar-refractivity contribution is 0.458. The normalized spacial score (nSPS) is 14.3. The van der Waals surface area contributed by atoms with Gasteiger partial charge in [-0.3, -0.25) is 0 Å². The zero-order valence-corrected chi connectivity index (χ0v) is 12.0. The predicted molar refractivity (Wildman–Crippen MR) is 80.1 cm³/mol. The van der Waals surface area contributed by atoms with Crippen molar-refractivity contribution in [2.45, 2.75) is 39.3 Å². The van der Waals surface area contributed by atoms with E-state index in [1.54, 1.807) is 0 Å². The van der Waals surface area contributed by atoms with Gasteiger partial charge in [0.15, 0.2) is 0 Å². The second kappa shape index (κ2) is 5.63. The van der Waals surface area contributed by atoms with Crippen LogP contribution in [0.4, 0.5) is 0 Å². The molecule has 3 rings (SSSR count). The third-order valence-electron chi connectivity index (χ3n) is 3.51. The maximum atomic E-state index is 5.83. The number of aryl methyl sites for hydroxylation is 2. The number of nitrogens with zero attached hydrogens (tertiary/aromatic N) is 1. The largest absolute Gasteiger partial charge is 0.439 e. The number of hydrogen-bond acceptors (Lipinski definition) is 3. The number of pyridine rings is 1. The Kier molecular flexibility index (Phi) is 3.70. The third kappa shape index (κ3) is 3.36. The number of nitrogens with one attached hydrogen (secondary N) is 1. The third-order valence-corrected chi connectivity index (χ3v) is 3.51. The van der Waals surface area contributed by atoms with Crippen molar-refractivity contribution < 1.29 is 4.74 Å². The highest BCUT2D eigenvalue weighted by Crippen LogP contribution is 2.24. The number of benzene rings is 1. The molecule has 1 saturated carbocycles. The Hall–Kier alpha value is -1.87. The smallest absolute Gasteiger partial charge is 0.219 e. The molecule has 0 aliphatic heterocycles. The fourth-order valence-corrected chi connectivity index (χ4v) is 2.15. The molecule has 3 nitrogen and oxygen atoms in total. The molecule has 2 aromatic rings. The van der Waals surface area contributed by atoms with Gasteiger partial charge in [0.2, 0.25) is 5.88 Å². The molecule has 0 amide bonds. The molecule has 1 aliphatic carbocycles. The van der Waals surface area contributed by atoms with Crippen LogP contribution in [0.1, 0.15) is 29.5 Å². The molecule has 0 atom stereocenters. The van der Waals surface area contributed by atoms with Gasteiger partial charge in [-0.1, -0.05) is 23.8 Å². The van der Waals surface area contributed by atoms with Crippen molar-refractivity contribution in [3.63, 3.8) is 0 Å². The molecule has 1 aromatic carbocycles. The number of rotatable bonds is 5. The Balaban J connectivity index is 1.64. The summed E-state index contributed by atoms with van der Waals surface area (Å²) >= 11 is 0. The van der Waals surface area contributed by atoms with E-state index >= 15 is 0 Å². The average molecular weight is 268 g/mol. The maximum Gasteiger partial charge on any atom is 0.219 e. The highest BCUT2D eigenvalue weighted by Gasteiger charge is 2.19. The number of aromatic nitrogens is 1. The van der Waals surface area contributed by atoms with Crippen LogP contribution in [0.3, 0.4) is 0 Å². The molecular formula is C17H20N2O. The topological polar surface area (TPSA) is 34.1 Å². The van der Waals surface area contributed by atoms with Gasteiger partial charge in [0, 0.05) is 24.8 Å². The molecule has 0 spiro atoms. The van der Waals surface area contributed by atoms with Crippen molar-refractivity contribution in [1.82, 2.24) is 10.3 Å². The van der Waals surface area contributed by atoms with Crippen LogP contribution < -0.4 is 10.1 Å². The van der Waals surface area contributed by atoms with E-state index in [9.17, 15) is 0 Å². The fraction of sp³-hybridized carbons (Fsp3) is 0.353. The monoisotopic (exact) mass is 268 g/mol. The van der Waals surface area contributed by atoms with Crippen molar-refractivity contribution in [1.29, 1.82) is 0 Å². The fourth-order valence-electron chi connectivity index (χ4n) is 2.15. The van der Waals surface area contributed by atoms with Gasteiger partial charge >= 0.3 is 0 Å². The van der Waals surface area contributed by atoms with Crippen LogP contribution in [0, 0.1) is 13.8 Å². The summed E-state index contributed by atoms with van der Waals surface area (Å²) in [6.07, 6.45) is 4.50. The lowest BCUT2D eigenvalue weighted by Gasteiger charge is -2.09. The maximum absolute atomic E-state index is 5.83. The minimum atomic E-state index is 0.645. The Morgan fingerprint density at radius 2 is 2.05 bits per heavy atom. The van der Waals surface area contributed by atoms with Crippen molar-refractivity contribution in [2.24, 2.45) is 0 Å². The summed E-state index contributed by atoms with van der Waals surface area (Å²) in [6, 6.07) is 10.9. The number of hydrogen-bond donors (Lipinski definition) is 1. The first-order valence-corrected chi connectivity index (χ1v) is 7.14. The van der Waals surface area contributed by atoms with E-state index in [4.69, 9.17) is 4.74 Å². The zero-order chi connectivity index (χ0) is 13.9. The summed E-state index contributed by atoms with van der Waals surface area (Å²) in [5, 5.41) is 3.48. The summed E-state index contributed by atoms with van der Waals surface area (Å²) in [4.78, 5) is 4.37. The minimum absolute atomic E-state index is 0.645. The molecule has 1 N–H and O–H groups in total. The lowest BCUT2D eigenvalue weighted by Crippen LogP contribution is -2.15. The van der Waals surface area contributed by atoms with Crippen molar-refractivity contribution >= 4 is 0 Å². The summed E-state index contributed by atoms with van der Waals surface area (Å²) in [5.41, 5.74) is 3.57. The van der Waals surface area contributed by atoms with Crippen LogP contribution >= 0.6 is 0 Å². The number of ether oxygens (including phenoxy) is 1. The van der Waals surface area contributed by atoms with Crippen LogP contribution in [0.15, 0.2) is 36.5 Å². The highest BCUT2D eigenvalue weighted by atomic mass is 16.5. The van der Waals surface area contributed by atoms with Gasteiger partial charge in [-0.15, -0.1) is 0 Å². The van der Waals surface area contributed by atoms with E-state index < -0.39 is 0 Å². The lowest BCUT2D eigenvalue weighted by atomic mass is 10.1. The summed E-state index contributed by atoms with van der Waals surface area (Å²) in [5.74, 6) is 1.51. The Labute approximate surface area is 120 Å². The summed E-state index contributed by atoms with van der Waals surface area (Å²) in [6.45, 7) is 5.02. The van der Waals surface area contributed by atoms with Crippen LogP contribution in [-0.2, 0) is 6.54 Å². The first kappa shape index (κ1) is 13.1. The second-order valence-corrected chi connectivity index (χ2v) is 5.53. The molecule has 1 aliphatic rings. The van der Waals surface area contributed by atoms with Crippen LogP contribution in [-0.4, -0.2) is 11.0 Å². The van der Waals surface area contributed by atoms with E-state index in [-0.39, 0.29) is 0 Å². The second-order valence-electron chi connectivity index (χ2n) is 5.53.